The SMILES string of the molecule is CC(C)CONC(C)c1ccco1. The first-order valence-corrected chi connectivity index (χ1v) is 4.61. The highest BCUT2D eigenvalue weighted by Crippen LogP contribution is 2.11. The van der Waals surface area contributed by atoms with Crippen LogP contribution in [0.3, 0.4) is 0 Å². The fourth-order valence-corrected chi connectivity index (χ4v) is 0.936. The van der Waals surface area contributed by atoms with Crippen molar-refractivity contribution >= 4 is 0 Å². The third-order valence-corrected chi connectivity index (χ3v) is 1.65. The number of rotatable bonds is 5. The van der Waals surface area contributed by atoms with Crippen molar-refractivity contribution in [2.24, 2.45) is 5.92 Å². The summed E-state index contributed by atoms with van der Waals surface area (Å²) in [6, 6.07) is 3.90. The number of hydrogen-bond acceptors (Lipinski definition) is 3. The van der Waals surface area contributed by atoms with Crippen LogP contribution in [0.25, 0.3) is 0 Å². The van der Waals surface area contributed by atoms with Crippen LogP contribution in [0.15, 0.2) is 22.8 Å². The molecule has 0 bridgehead atoms. The van der Waals surface area contributed by atoms with Crippen LogP contribution in [0.5, 0.6) is 0 Å². The molecule has 1 aromatic heterocycles. The van der Waals surface area contributed by atoms with E-state index < -0.39 is 0 Å². The summed E-state index contributed by atoms with van der Waals surface area (Å²) in [6.45, 7) is 6.93. The lowest BCUT2D eigenvalue weighted by Crippen LogP contribution is -2.21. The zero-order valence-corrected chi connectivity index (χ0v) is 8.41. The monoisotopic (exact) mass is 183 g/mol. The largest absolute Gasteiger partial charge is 0.468 e. The fraction of sp³-hybridized carbons (Fsp3) is 0.600. The molecular weight excluding hydrogens is 166 g/mol. The molecule has 0 aliphatic carbocycles. The predicted molar refractivity (Wildman–Crippen MR) is 51.0 cm³/mol. The van der Waals surface area contributed by atoms with E-state index in [-0.39, 0.29) is 6.04 Å². The molecule has 1 heterocycles. The third-order valence-electron chi connectivity index (χ3n) is 1.65. The zero-order valence-electron chi connectivity index (χ0n) is 8.41. The van der Waals surface area contributed by atoms with Gasteiger partial charge in [-0.2, -0.15) is 5.48 Å². The van der Waals surface area contributed by atoms with Gasteiger partial charge >= 0.3 is 0 Å². The molecule has 1 aromatic rings. The molecule has 0 saturated heterocycles. The van der Waals surface area contributed by atoms with E-state index in [9.17, 15) is 0 Å². The molecule has 0 fully saturated rings. The van der Waals surface area contributed by atoms with Crippen molar-refractivity contribution in [1.82, 2.24) is 5.48 Å². The van der Waals surface area contributed by atoms with Crippen LogP contribution in [0.1, 0.15) is 32.6 Å². The van der Waals surface area contributed by atoms with Gasteiger partial charge in [0.25, 0.3) is 0 Å². The molecule has 0 amide bonds. The molecular formula is C10H17NO2. The Morgan fingerprint density at radius 2 is 2.23 bits per heavy atom. The Balaban J connectivity index is 2.22. The Kier molecular flexibility index (Phi) is 3.99. The first-order chi connectivity index (χ1) is 6.20. The van der Waals surface area contributed by atoms with E-state index in [0.29, 0.717) is 12.5 Å². The smallest absolute Gasteiger partial charge is 0.122 e. The van der Waals surface area contributed by atoms with Crippen molar-refractivity contribution in [1.29, 1.82) is 0 Å². The van der Waals surface area contributed by atoms with Gasteiger partial charge in [0.15, 0.2) is 0 Å². The van der Waals surface area contributed by atoms with Gasteiger partial charge in [-0.05, 0) is 25.0 Å². The minimum atomic E-state index is 0.105. The van der Waals surface area contributed by atoms with Crippen molar-refractivity contribution in [2.75, 3.05) is 6.61 Å². The van der Waals surface area contributed by atoms with E-state index in [0.717, 1.165) is 5.76 Å². The Morgan fingerprint density at radius 1 is 1.46 bits per heavy atom. The second kappa shape index (κ2) is 5.04. The van der Waals surface area contributed by atoms with Gasteiger partial charge in [-0.3, -0.25) is 0 Å². The summed E-state index contributed by atoms with van der Waals surface area (Å²) in [5, 5.41) is 0. The number of hydrogen-bond donors (Lipinski definition) is 1. The molecule has 74 valence electrons. The van der Waals surface area contributed by atoms with Gasteiger partial charge in [0.05, 0.1) is 18.9 Å². The number of hydroxylamine groups is 1. The van der Waals surface area contributed by atoms with Crippen LogP contribution in [-0.2, 0) is 4.84 Å². The van der Waals surface area contributed by atoms with Crippen LogP contribution >= 0.6 is 0 Å². The van der Waals surface area contributed by atoms with Crippen LogP contribution < -0.4 is 5.48 Å². The summed E-state index contributed by atoms with van der Waals surface area (Å²) in [7, 11) is 0. The molecule has 0 spiro atoms. The molecule has 13 heavy (non-hydrogen) atoms. The van der Waals surface area contributed by atoms with Crippen LogP contribution in [-0.4, -0.2) is 6.61 Å². The molecule has 0 aromatic carbocycles. The van der Waals surface area contributed by atoms with Gasteiger partial charge in [-0.1, -0.05) is 13.8 Å². The van der Waals surface area contributed by atoms with Gasteiger partial charge < -0.3 is 9.25 Å². The van der Waals surface area contributed by atoms with Crippen LogP contribution in [0.2, 0.25) is 0 Å². The summed E-state index contributed by atoms with van der Waals surface area (Å²) in [4.78, 5) is 5.27. The van der Waals surface area contributed by atoms with Gasteiger partial charge in [0, 0.05) is 0 Å². The molecule has 0 saturated carbocycles. The first kappa shape index (κ1) is 10.3. The molecule has 1 unspecified atom stereocenters. The van der Waals surface area contributed by atoms with E-state index in [1.165, 1.54) is 0 Å². The average molecular weight is 183 g/mol. The minimum absolute atomic E-state index is 0.105. The second-order valence-corrected chi connectivity index (χ2v) is 3.56. The summed E-state index contributed by atoms with van der Waals surface area (Å²) >= 11 is 0. The fourth-order valence-electron chi connectivity index (χ4n) is 0.936. The zero-order chi connectivity index (χ0) is 9.68. The van der Waals surface area contributed by atoms with Gasteiger partial charge in [0.2, 0.25) is 0 Å². The lowest BCUT2D eigenvalue weighted by molar-refractivity contribution is -0.0000227. The third kappa shape index (κ3) is 3.61. The van der Waals surface area contributed by atoms with Gasteiger partial charge in [0.1, 0.15) is 5.76 Å². The molecule has 1 N–H and O–H groups in total. The van der Waals surface area contributed by atoms with Crippen molar-refractivity contribution in [2.45, 2.75) is 26.8 Å². The standard InChI is InChI=1S/C10H17NO2/c1-8(2)7-13-11-9(3)10-5-4-6-12-10/h4-6,8-9,11H,7H2,1-3H3. The van der Waals surface area contributed by atoms with E-state index in [1.54, 1.807) is 6.26 Å². The predicted octanol–water partition coefficient (Wildman–Crippen LogP) is 2.52. The Labute approximate surface area is 79.0 Å². The van der Waals surface area contributed by atoms with E-state index in [2.05, 4.69) is 19.3 Å². The van der Waals surface area contributed by atoms with Crippen molar-refractivity contribution in [3.63, 3.8) is 0 Å². The maximum absolute atomic E-state index is 5.27. The molecule has 3 heteroatoms. The van der Waals surface area contributed by atoms with Crippen molar-refractivity contribution < 1.29 is 9.25 Å². The first-order valence-electron chi connectivity index (χ1n) is 4.61. The number of furan rings is 1. The lowest BCUT2D eigenvalue weighted by Gasteiger charge is -2.12. The maximum Gasteiger partial charge on any atom is 0.122 e. The Morgan fingerprint density at radius 3 is 2.77 bits per heavy atom. The highest BCUT2D eigenvalue weighted by Gasteiger charge is 2.07. The topological polar surface area (TPSA) is 34.4 Å². The second-order valence-electron chi connectivity index (χ2n) is 3.56. The van der Waals surface area contributed by atoms with E-state index in [4.69, 9.17) is 9.25 Å². The van der Waals surface area contributed by atoms with Crippen molar-refractivity contribution in [3.05, 3.63) is 24.2 Å². The van der Waals surface area contributed by atoms with Crippen LogP contribution in [0.4, 0.5) is 0 Å². The van der Waals surface area contributed by atoms with E-state index in [1.807, 2.05) is 19.1 Å². The molecule has 0 aliphatic rings. The molecule has 1 atom stereocenters. The summed E-state index contributed by atoms with van der Waals surface area (Å²) in [5.41, 5.74) is 2.92. The molecule has 0 aliphatic heterocycles. The van der Waals surface area contributed by atoms with Crippen molar-refractivity contribution in [3.8, 4) is 0 Å². The Hall–Kier alpha value is -0.800. The maximum atomic E-state index is 5.27. The average Bonchev–Trinajstić information content (AvgIpc) is 2.55. The molecule has 0 radical (unpaired) electrons. The normalized spacial score (nSPS) is 13.5. The lowest BCUT2D eigenvalue weighted by atomic mass is 10.2. The van der Waals surface area contributed by atoms with Gasteiger partial charge in [-0.15, -0.1) is 0 Å². The van der Waals surface area contributed by atoms with Gasteiger partial charge in [-0.25, -0.2) is 0 Å². The highest BCUT2D eigenvalue weighted by molar-refractivity contribution is 5.01. The number of nitrogens with one attached hydrogen (secondary N) is 1. The summed E-state index contributed by atoms with van der Waals surface area (Å²) < 4.78 is 5.21. The summed E-state index contributed by atoms with van der Waals surface area (Å²) in [6.07, 6.45) is 1.66. The minimum Gasteiger partial charge on any atom is -0.468 e. The Bertz CT molecular complexity index is 219. The van der Waals surface area contributed by atoms with E-state index >= 15 is 0 Å². The van der Waals surface area contributed by atoms with Crippen LogP contribution in [0, 0.1) is 5.92 Å². The molecule has 1 rings (SSSR count). The highest BCUT2D eigenvalue weighted by atomic mass is 16.6. The quantitative estimate of drug-likeness (QED) is 0.712. The summed E-state index contributed by atoms with van der Waals surface area (Å²) in [5.74, 6) is 1.43. The molecule has 3 nitrogen and oxygen atoms in total.